The van der Waals surface area contributed by atoms with E-state index in [0.717, 1.165) is 42.6 Å². The van der Waals surface area contributed by atoms with Crippen LogP contribution in [0.1, 0.15) is 120 Å². The highest BCUT2D eigenvalue weighted by Gasteiger charge is 2.34. The maximum atomic E-state index is 13.8. The lowest BCUT2D eigenvalue weighted by Gasteiger charge is -2.22. The zero-order valence-electron chi connectivity index (χ0n) is 32.7. The minimum Gasteiger partial charge on any atom is -0.482 e. The molecule has 56 heavy (non-hydrogen) atoms. The van der Waals surface area contributed by atoms with Gasteiger partial charge in [0.15, 0.2) is 13.2 Å². The second kappa shape index (κ2) is 18.4. The Kier molecular flexibility index (Phi) is 14.6. The highest BCUT2D eigenvalue weighted by atomic mass is 32.2. The Morgan fingerprint density at radius 1 is 0.750 bits per heavy atom. The minimum atomic E-state index is -4.90. The summed E-state index contributed by atoms with van der Waals surface area (Å²) in [5.41, 5.74) is 7.21. The summed E-state index contributed by atoms with van der Waals surface area (Å²) in [6.07, 6.45) is 1.55. The number of esters is 2. The van der Waals surface area contributed by atoms with Gasteiger partial charge in [0.2, 0.25) is 10.0 Å². The average molecular weight is 809 g/mol. The second-order valence-electron chi connectivity index (χ2n) is 15.8. The Morgan fingerprint density at radius 3 is 1.77 bits per heavy atom. The molecule has 2 aliphatic rings. The number of halogens is 4. The fourth-order valence-electron chi connectivity index (χ4n) is 6.55. The van der Waals surface area contributed by atoms with Gasteiger partial charge in [-0.2, -0.15) is 13.2 Å². The number of hydrogen-bond donors (Lipinski definition) is 2. The molecule has 2 atom stereocenters. The lowest BCUT2D eigenvalue weighted by atomic mass is 9.99. The molecule has 0 aromatic heterocycles. The Morgan fingerprint density at radius 2 is 1.25 bits per heavy atom. The van der Waals surface area contributed by atoms with E-state index in [9.17, 15) is 35.6 Å². The molecule has 0 amide bonds. The fourth-order valence-corrected chi connectivity index (χ4v) is 7.85. The summed E-state index contributed by atoms with van der Waals surface area (Å²) in [4.78, 5) is 23.0. The van der Waals surface area contributed by atoms with Crippen LogP contribution in [-0.4, -0.2) is 44.8 Å². The van der Waals surface area contributed by atoms with E-state index in [0.29, 0.717) is 54.7 Å². The van der Waals surface area contributed by atoms with E-state index in [1.807, 2.05) is 32.9 Å². The number of benzene rings is 3. The maximum Gasteiger partial charge on any atom is 0.416 e. The van der Waals surface area contributed by atoms with Crippen molar-refractivity contribution in [1.82, 2.24) is 4.72 Å². The van der Waals surface area contributed by atoms with Crippen molar-refractivity contribution in [3.8, 4) is 11.5 Å². The van der Waals surface area contributed by atoms with Crippen molar-refractivity contribution >= 4 is 22.0 Å². The van der Waals surface area contributed by atoms with Crippen molar-refractivity contribution in [3.63, 3.8) is 0 Å². The Labute approximate surface area is 326 Å². The molecule has 0 heterocycles. The van der Waals surface area contributed by atoms with Crippen LogP contribution in [-0.2, 0) is 48.1 Å². The summed E-state index contributed by atoms with van der Waals surface area (Å²) in [6.45, 7) is 10.3. The van der Waals surface area contributed by atoms with Crippen molar-refractivity contribution < 1.29 is 54.5 Å². The summed E-state index contributed by atoms with van der Waals surface area (Å²) in [5, 5.41) is 0. The molecule has 0 bridgehead atoms. The van der Waals surface area contributed by atoms with Gasteiger partial charge in [0.1, 0.15) is 28.5 Å². The van der Waals surface area contributed by atoms with Gasteiger partial charge in [-0.25, -0.2) is 27.1 Å². The van der Waals surface area contributed by atoms with E-state index in [2.05, 4.69) is 10.8 Å². The van der Waals surface area contributed by atoms with E-state index in [1.165, 1.54) is 0 Å². The van der Waals surface area contributed by atoms with Crippen molar-refractivity contribution in [3.05, 3.63) is 88.2 Å². The van der Waals surface area contributed by atoms with E-state index in [4.69, 9.17) is 24.7 Å². The Bertz CT molecular complexity index is 1960. The average Bonchev–Trinajstić information content (AvgIpc) is 3.40. The van der Waals surface area contributed by atoms with Crippen LogP contribution >= 0.6 is 0 Å². The van der Waals surface area contributed by atoms with Crippen LogP contribution in [0, 0.1) is 5.82 Å². The van der Waals surface area contributed by atoms with Crippen molar-refractivity contribution in [2.24, 2.45) is 5.73 Å². The number of sulfonamides is 1. The van der Waals surface area contributed by atoms with Crippen LogP contribution in [0.25, 0.3) is 0 Å². The van der Waals surface area contributed by atoms with Gasteiger partial charge in [0.25, 0.3) is 0 Å². The van der Waals surface area contributed by atoms with Crippen LogP contribution in [0.3, 0.4) is 0 Å². The first-order valence-corrected chi connectivity index (χ1v) is 20.1. The topological polar surface area (TPSA) is 143 Å². The highest BCUT2D eigenvalue weighted by Crippen LogP contribution is 2.37. The van der Waals surface area contributed by atoms with Gasteiger partial charge < -0.3 is 24.7 Å². The van der Waals surface area contributed by atoms with Gasteiger partial charge in [-0.1, -0.05) is 37.1 Å². The number of nitrogens with one attached hydrogen (secondary N) is 1. The van der Waals surface area contributed by atoms with Gasteiger partial charge in [-0.05, 0) is 133 Å². The predicted octanol–water partition coefficient (Wildman–Crippen LogP) is 8.44. The quantitative estimate of drug-likeness (QED) is 0.124. The molecule has 0 radical (unpaired) electrons. The van der Waals surface area contributed by atoms with Gasteiger partial charge in [0, 0.05) is 12.1 Å². The molecule has 3 N–H and O–H groups in total. The first kappa shape index (κ1) is 44.5. The number of nitrogens with two attached hydrogens (primary N) is 1. The third kappa shape index (κ3) is 13.2. The van der Waals surface area contributed by atoms with E-state index in [-0.39, 0.29) is 31.3 Å². The van der Waals surface area contributed by atoms with Crippen LogP contribution in [0.5, 0.6) is 11.5 Å². The number of carbonyl (C=O) groups excluding carboxylic acids is 2. The molecule has 2 aliphatic carbocycles. The normalized spacial score (nSPS) is 17.5. The van der Waals surface area contributed by atoms with Crippen molar-refractivity contribution in [2.45, 2.75) is 127 Å². The summed E-state index contributed by atoms with van der Waals surface area (Å²) >= 11 is 0. The smallest absolute Gasteiger partial charge is 0.416 e. The molecule has 3 aromatic carbocycles. The zero-order valence-corrected chi connectivity index (χ0v) is 33.5. The molecule has 0 saturated heterocycles. The number of fused-ring (bicyclic) bond motifs is 2. The molecule has 10 nitrogen and oxygen atoms in total. The number of alkyl halides is 3. The summed E-state index contributed by atoms with van der Waals surface area (Å²) in [6, 6.07) is 11.4. The molecule has 2 unspecified atom stereocenters. The molecule has 3 aromatic rings. The molecule has 5 rings (SSSR count). The first-order chi connectivity index (χ1) is 26.0. The third-order valence-corrected chi connectivity index (χ3v) is 10.3. The second-order valence-corrected chi connectivity index (χ2v) is 17.6. The SMILES string of the molecule is CC(C)(C)OC(=O)COc1cccc2c1CCCCC2N.CC(C)(C)OC(=O)COc1cccc2c1CCCCC2NS(=O)(=O)c1cc(F)cc(C(F)(F)F)c1. The van der Waals surface area contributed by atoms with Gasteiger partial charge in [-0.3, -0.25) is 0 Å². The third-order valence-electron chi connectivity index (χ3n) is 8.81. The summed E-state index contributed by atoms with van der Waals surface area (Å²) < 4.78 is 103. The molecule has 0 aliphatic heterocycles. The number of carbonyl (C=O) groups is 2. The predicted molar refractivity (Wildman–Crippen MR) is 202 cm³/mol. The van der Waals surface area contributed by atoms with Crippen LogP contribution in [0.4, 0.5) is 17.6 Å². The van der Waals surface area contributed by atoms with E-state index in [1.54, 1.807) is 39.0 Å². The molecule has 0 saturated carbocycles. The molecule has 0 spiro atoms. The standard InChI is InChI=1S/C24H27F4NO5S.C17H25NO3/c1-23(2,3)34-22(30)14-33-21-10-6-8-18-19(21)7-4-5-9-20(18)29-35(31,32)17-12-15(24(26,27)28)11-16(25)13-17;1-17(2,3)21-16(19)11-20-15-10-6-8-12-13(15)7-4-5-9-14(12)18/h6,8,10-13,20,29H,4-5,7,9,14H2,1-3H3;6,8,10,14H,4-5,7,9,11,18H2,1-3H3. The highest BCUT2D eigenvalue weighted by molar-refractivity contribution is 7.89. The Balaban J connectivity index is 0.000000282. The largest absolute Gasteiger partial charge is 0.482 e. The Hall–Kier alpha value is -4.21. The van der Waals surface area contributed by atoms with E-state index < -0.39 is 55.7 Å². The molecule has 0 fully saturated rings. The fraction of sp³-hybridized carbons (Fsp3) is 0.512. The molecule has 15 heteroatoms. The van der Waals surface area contributed by atoms with Gasteiger partial charge in [0.05, 0.1) is 10.5 Å². The van der Waals surface area contributed by atoms with Crippen LogP contribution < -0.4 is 19.9 Å². The van der Waals surface area contributed by atoms with Crippen LogP contribution in [0.2, 0.25) is 0 Å². The van der Waals surface area contributed by atoms with Gasteiger partial charge >= 0.3 is 18.1 Å². The van der Waals surface area contributed by atoms with Gasteiger partial charge in [-0.15, -0.1) is 0 Å². The van der Waals surface area contributed by atoms with Crippen molar-refractivity contribution in [2.75, 3.05) is 13.2 Å². The maximum absolute atomic E-state index is 13.8. The molecular weight excluding hydrogens is 757 g/mol. The van der Waals surface area contributed by atoms with Crippen molar-refractivity contribution in [1.29, 1.82) is 0 Å². The lowest BCUT2D eigenvalue weighted by Crippen LogP contribution is -2.29. The summed E-state index contributed by atoms with van der Waals surface area (Å²) in [7, 11) is -4.49. The van der Waals surface area contributed by atoms with E-state index >= 15 is 0 Å². The summed E-state index contributed by atoms with van der Waals surface area (Å²) in [5.74, 6) is -1.06. The minimum absolute atomic E-state index is 0.0626. The monoisotopic (exact) mass is 808 g/mol. The first-order valence-electron chi connectivity index (χ1n) is 18.6. The van der Waals surface area contributed by atoms with Crippen LogP contribution in [0.15, 0.2) is 59.5 Å². The number of ether oxygens (including phenoxy) is 4. The number of rotatable bonds is 9. The lowest BCUT2D eigenvalue weighted by molar-refractivity contribution is -0.158. The zero-order chi connectivity index (χ0) is 41.5. The number of hydrogen-bond acceptors (Lipinski definition) is 9. The molecular formula is C41H52F4N2O8S. The molecule has 308 valence electrons.